The topological polar surface area (TPSA) is 71.6 Å². The van der Waals surface area contributed by atoms with E-state index < -0.39 is 0 Å². The zero-order valence-electron chi connectivity index (χ0n) is 17.0. The molecule has 6 heteroatoms. The van der Waals surface area contributed by atoms with Crippen LogP contribution in [0, 0.1) is 5.92 Å². The third kappa shape index (κ3) is 4.32. The Kier molecular flexibility index (Phi) is 6.60. The minimum atomic E-state index is -0.234. The molecule has 1 amide bonds. The van der Waals surface area contributed by atoms with E-state index in [-0.39, 0.29) is 24.4 Å². The molecule has 1 N–H and O–H groups in total. The molecule has 1 aliphatic rings. The Bertz CT molecular complexity index is 829. The van der Waals surface area contributed by atoms with Gasteiger partial charge in [-0.05, 0) is 49.8 Å². The predicted octanol–water partition coefficient (Wildman–Crippen LogP) is 3.86. The second kappa shape index (κ2) is 9.13. The lowest BCUT2D eigenvalue weighted by Crippen LogP contribution is -2.44. The largest absolute Gasteiger partial charge is 0.483 e. The van der Waals surface area contributed by atoms with E-state index in [2.05, 4.69) is 18.8 Å². The van der Waals surface area contributed by atoms with E-state index >= 15 is 0 Å². The minimum Gasteiger partial charge on any atom is -0.483 e. The van der Waals surface area contributed by atoms with E-state index in [0.29, 0.717) is 25.6 Å². The number of likely N-dealkylation sites (tertiary alicyclic amines) is 1. The third-order valence-corrected chi connectivity index (χ3v) is 5.59. The van der Waals surface area contributed by atoms with Gasteiger partial charge in [-0.2, -0.15) is 0 Å². The van der Waals surface area contributed by atoms with Crippen LogP contribution in [0.25, 0.3) is 10.9 Å². The average molecular weight is 386 g/mol. The standard InChI is InChI=1S/C22H30N2O4/c1-4-15(3)17-12-23-18-9-6-10-19(21(17)18)28-14-20(25)24-11-7-8-16(13-24)22(26)27-5-2/h6,9-10,12,15-16,23H,4-5,7-8,11,13-14H2,1-3H3. The van der Waals surface area contributed by atoms with Crippen molar-refractivity contribution in [3.05, 3.63) is 30.0 Å². The number of carbonyl (C=O) groups excluding carboxylic acids is 2. The fourth-order valence-corrected chi connectivity index (χ4v) is 3.79. The van der Waals surface area contributed by atoms with E-state index in [4.69, 9.17) is 9.47 Å². The van der Waals surface area contributed by atoms with E-state index in [1.165, 1.54) is 5.56 Å². The number of aromatic nitrogens is 1. The molecule has 1 aliphatic heterocycles. The highest BCUT2D eigenvalue weighted by Crippen LogP contribution is 2.34. The van der Waals surface area contributed by atoms with Gasteiger partial charge in [0.2, 0.25) is 0 Å². The molecule has 0 spiro atoms. The van der Waals surface area contributed by atoms with Crippen LogP contribution in [0.5, 0.6) is 5.75 Å². The molecule has 0 radical (unpaired) electrons. The summed E-state index contributed by atoms with van der Waals surface area (Å²) in [5.74, 6) is 0.591. The first-order valence-corrected chi connectivity index (χ1v) is 10.2. The van der Waals surface area contributed by atoms with Gasteiger partial charge in [-0.25, -0.2) is 0 Å². The van der Waals surface area contributed by atoms with Crippen LogP contribution in [-0.4, -0.2) is 48.1 Å². The summed E-state index contributed by atoms with van der Waals surface area (Å²) in [7, 11) is 0. The van der Waals surface area contributed by atoms with Crippen LogP contribution in [0.2, 0.25) is 0 Å². The van der Waals surface area contributed by atoms with Crippen LogP contribution in [0.4, 0.5) is 0 Å². The van der Waals surface area contributed by atoms with Crippen LogP contribution in [-0.2, 0) is 14.3 Å². The summed E-state index contributed by atoms with van der Waals surface area (Å²) >= 11 is 0. The number of esters is 1. The molecule has 2 heterocycles. The van der Waals surface area contributed by atoms with Crippen molar-refractivity contribution in [3.63, 3.8) is 0 Å². The van der Waals surface area contributed by atoms with Gasteiger partial charge < -0.3 is 19.4 Å². The Balaban J connectivity index is 1.68. The quantitative estimate of drug-likeness (QED) is 0.734. The molecule has 0 bridgehead atoms. The molecule has 0 saturated carbocycles. The van der Waals surface area contributed by atoms with Crippen LogP contribution < -0.4 is 4.74 Å². The van der Waals surface area contributed by atoms with Crippen molar-refractivity contribution in [3.8, 4) is 5.75 Å². The van der Waals surface area contributed by atoms with Gasteiger partial charge >= 0.3 is 5.97 Å². The summed E-state index contributed by atoms with van der Waals surface area (Å²) < 4.78 is 11.1. The average Bonchev–Trinajstić information content (AvgIpc) is 3.16. The number of rotatable bonds is 7. The van der Waals surface area contributed by atoms with Crippen molar-refractivity contribution in [2.45, 2.75) is 46.0 Å². The van der Waals surface area contributed by atoms with Crippen molar-refractivity contribution in [2.75, 3.05) is 26.3 Å². The van der Waals surface area contributed by atoms with Gasteiger partial charge in [-0.1, -0.05) is 19.9 Å². The maximum atomic E-state index is 12.7. The van der Waals surface area contributed by atoms with Crippen molar-refractivity contribution in [1.29, 1.82) is 0 Å². The monoisotopic (exact) mass is 386 g/mol. The Morgan fingerprint density at radius 1 is 1.32 bits per heavy atom. The number of nitrogens with zero attached hydrogens (tertiary/aromatic N) is 1. The lowest BCUT2D eigenvalue weighted by Gasteiger charge is -2.31. The molecule has 2 atom stereocenters. The highest BCUT2D eigenvalue weighted by Gasteiger charge is 2.29. The number of amides is 1. The number of H-pyrrole nitrogens is 1. The maximum absolute atomic E-state index is 12.7. The van der Waals surface area contributed by atoms with Crippen LogP contribution in [0.15, 0.2) is 24.4 Å². The molecule has 1 fully saturated rings. The SMILES string of the molecule is CCOC(=O)C1CCCN(C(=O)COc2cccc3[nH]cc(C(C)CC)c23)C1. The van der Waals surface area contributed by atoms with Crippen molar-refractivity contribution >= 4 is 22.8 Å². The van der Waals surface area contributed by atoms with Gasteiger partial charge in [-0.3, -0.25) is 9.59 Å². The smallest absolute Gasteiger partial charge is 0.310 e. The third-order valence-electron chi connectivity index (χ3n) is 5.59. The number of hydrogen-bond acceptors (Lipinski definition) is 4. The normalized spacial score (nSPS) is 18.1. The van der Waals surface area contributed by atoms with Gasteiger partial charge in [0.15, 0.2) is 6.61 Å². The number of aromatic amines is 1. The Morgan fingerprint density at radius 2 is 2.14 bits per heavy atom. The summed E-state index contributed by atoms with van der Waals surface area (Å²) in [5.41, 5.74) is 2.22. The zero-order chi connectivity index (χ0) is 20.1. The Morgan fingerprint density at radius 3 is 2.89 bits per heavy atom. The van der Waals surface area contributed by atoms with Crippen LogP contribution >= 0.6 is 0 Å². The molecule has 28 heavy (non-hydrogen) atoms. The van der Waals surface area contributed by atoms with Crippen molar-refractivity contribution < 1.29 is 19.1 Å². The molecule has 152 valence electrons. The zero-order valence-corrected chi connectivity index (χ0v) is 17.0. The van der Waals surface area contributed by atoms with Crippen molar-refractivity contribution in [2.24, 2.45) is 5.92 Å². The molecule has 1 saturated heterocycles. The summed E-state index contributed by atoms with van der Waals surface area (Å²) in [6, 6.07) is 5.86. The first-order valence-electron chi connectivity index (χ1n) is 10.2. The lowest BCUT2D eigenvalue weighted by atomic mass is 9.97. The molecule has 1 aromatic carbocycles. The number of fused-ring (bicyclic) bond motifs is 1. The van der Waals surface area contributed by atoms with Gasteiger partial charge in [0, 0.05) is 30.2 Å². The molecule has 6 nitrogen and oxygen atoms in total. The summed E-state index contributed by atoms with van der Waals surface area (Å²) in [6.07, 6.45) is 4.64. The molecule has 1 aromatic heterocycles. The number of ether oxygens (including phenoxy) is 2. The molecule has 0 aliphatic carbocycles. The van der Waals surface area contributed by atoms with Gasteiger partial charge in [0.25, 0.3) is 5.91 Å². The summed E-state index contributed by atoms with van der Waals surface area (Å²) in [5, 5.41) is 1.05. The fourth-order valence-electron chi connectivity index (χ4n) is 3.79. The van der Waals surface area contributed by atoms with E-state index in [1.54, 1.807) is 11.8 Å². The molecular formula is C22H30N2O4. The second-order valence-corrected chi connectivity index (χ2v) is 7.45. The first kappa shape index (κ1) is 20.2. The Labute approximate surface area is 166 Å². The van der Waals surface area contributed by atoms with Gasteiger partial charge in [0.1, 0.15) is 5.75 Å². The second-order valence-electron chi connectivity index (χ2n) is 7.45. The number of carbonyl (C=O) groups is 2. The minimum absolute atomic E-state index is 0.0280. The maximum Gasteiger partial charge on any atom is 0.310 e. The summed E-state index contributed by atoms with van der Waals surface area (Å²) in [6.45, 7) is 7.55. The van der Waals surface area contributed by atoms with Gasteiger partial charge in [0.05, 0.1) is 12.5 Å². The number of nitrogens with one attached hydrogen (secondary N) is 1. The Hall–Kier alpha value is -2.50. The van der Waals surface area contributed by atoms with E-state index in [9.17, 15) is 9.59 Å². The highest BCUT2D eigenvalue weighted by molar-refractivity contribution is 5.90. The molecule has 2 unspecified atom stereocenters. The van der Waals surface area contributed by atoms with Crippen LogP contribution in [0.1, 0.15) is 51.5 Å². The van der Waals surface area contributed by atoms with E-state index in [1.807, 2.05) is 24.4 Å². The number of benzene rings is 1. The summed E-state index contributed by atoms with van der Waals surface area (Å²) in [4.78, 5) is 29.7. The lowest BCUT2D eigenvalue weighted by molar-refractivity contribution is -0.151. The fraction of sp³-hybridized carbons (Fsp3) is 0.545. The van der Waals surface area contributed by atoms with Gasteiger partial charge in [-0.15, -0.1) is 0 Å². The molecule has 2 aromatic rings. The van der Waals surface area contributed by atoms with Crippen LogP contribution in [0.3, 0.4) is 0 Å². The highest BCUT2D eigenvalue weighted by atomic mass is 16.5. The number of hydrogen-bond donors (Lipinski definition) is 1. The van der Waals surface area contributed by atoms with E-state index in [0.717, 1.165) is 35.9 Å². The number of piperidine rings is 1. The predicted molar refractivity (Wildman–Crippen MR) is 108 cm³/mol. The molecular weight excluding hydrogens is 356 g/mol. The van der Waals surface area contributed by atoms with Crippen molar-refractivity contribution in [1.82, 2.24) is 9.88 Å². The molecule has 3 rings (SSSR count). The first-order chi connectivity index (χ1) is 13.5.